The van der Waals surface area contributed by atoms with Crippen molar-refractivity contribution < 1.29 is 0 Å². The van der Waals surface area contributed by atoms with Gasteiger partial charge >= 0.3 is 0 Å². The molecule has 4 aliphatic rings. The monoisotopic (exact) mass is 1490 g/mol. The third-order valence-electron chi connectivity index (χ3n) is 26.4. The summed E-state index contributed by atoms with van der Waals surface area (Å²) in [6, 6.07) is 111. The van der Waals surface area contributed by atoms with Gasteiger partial charge in [0, 0.05) is 44.3 Å². The largest absolute Gasteiger partial charge is 0.309 e. The van der Waals surface area contributed by atoms with E-state index in [2.05, 4.69) is 354 Å². The molecular weight excluding hydrogens is 1390 g/mol. The van der Waals surface area contributed by atoms with Crippen LogP contribution in [-0.4, -0.2) is 0 Å². The van der Waals surface area contributed by atoms with Crippen LogP contribution in [0.1, 0.15) is 201 Å². The van der Waals surface area contributed by atoms with Gasteiger partial charge in [-0.1, -0.05) is 354 Å². The van der Waals surface area contributed by atoms with Crippen molar-refractivity contribution in [3.8, 4) is 11.1 Å². The molecule has 572 valence electrons. The Labute approximate surface area is 684 Å². The van der Waals surface area contributed by atoms with Crippen LogP contribution in [-0.2, 0) is 0 Å². The fourth-order valence-corrected chi connectivity index (χ4v) is 20.2. The molecule has 2 heteroatoms. The van der Waals surface area contributed by atoms with E-state index in [0.29, 0.717) is 23.7 Å². The van der Waals surface area contributed by atoms with Crippen molar-refractivity contribution in [3.05, 3.63) is 357 Å². The van der Waals surface area contributed by atoms with Crippen molar-refractivity contribution in [2.45, 2.75) is 163 Å². The maximum atomic E-state index is 2.59. The Hall–Kier alpha value is -11.3. The summed E-state index contributed by atoms with van der Waals surface area (Å²) in [5.74, 6) is 2.16. The van der Waals surface area contributed by atoms with Crippen LogP contribution in [0.5, 0.6) is 0 Å². The van der Waals surface area contributed by atoms with E-state index in [1.165, 1.54) is 289 Å². The van der Waals surface area contributed by atoms with Gasteiger partial charge in [0.25, 0.3) is 0 Å². The molecule has 4 aliphatic carbocycles. The molecule has 0 aromatic heterocycles. The maximum absolute atomic E-state index is 2.59. The van der Waals surface area contributed by atoms with Crippen molar-refractivity contribution >= 4 is 124 Å². The normalized spacial score (nSPS) is 16.1. The van der Waals surface area contributed by atoms with Gasteiger partial charge in [0.05, 0.1) is 11.4 Å². The molecular formula is C113H110N2. The number of nitrogens with zero attached hydrogens (tertiary/aromatic N) is 2. The molecule has 4 saturated carbocycles. The van der Waals surface area contributed by atoms with Crippen molar-refractivity contribution in [3.63, 3.8) is 0 Å². The lowest BCUT2D eigenvalue weighted by molar-refractivity contribution is 0.430. The fourth-order valence-electron chi connectivity index (χ4n) is 20.2. The van der Waals surface area contributed by atoms with Gasteiger partial charge in [-0.15, -0.1) is 0 Å². The Balaban J connectivity index is 0.818. The second-order valence-corrected chi connectivity index (χ2v) is 34.4. The SMILES string of the molecule is Cc1ccc(C(=Cc2ccc(N(c3ccc(C=C(c4ccc(C)cc4)C4CCCCC4)cc3)c3c4ccccc4cc4c(-c5c6ccccc6c(N(c6ccc(C=C(c7ccc(C)cc7)C7CCCCC7)cc6)c6ccc(C=C(c7ccc(C)cc7)C7CCCCC7)cc6)c6cccc(C)c56)cccc34)cc2)C2CCCCC2)cc1. The van der Waals surface area contributed by atoms with Crippen molar-refractivity contribution in [1.82, 2.24) is 0 Å². The predicted molar refractivity (Wildman–Crippen MR) is 499 cm³/mol. The molecule has 0 spiro atoms. The first-order valence-electron chi connectivity index (χ1n) is 43.6. The van der Waals surface area contributed by atoms with Gasteiger partial charge < -0.3 is 9.80 Å². The summed E-state index contributed by atoms with van der Waals surface area (Å²) in [6.45, 7) is 11.2. The third kappa shape index (κ3) is 16.0. The molecule has 0 aliphatic heterocycles. The zero-order valence-electron chi connectivity index (χ0n) is 68.3. The lowest BCUT2D eigenvalue weighted by Gasteiger charge is -2.31. The van der Waals surface area contributed by atoms with Crippen LogP contribution in [0.25, 0.3) is 101 Å². The van der Waals surface area contributed by atoms with Gasteiger partial charge in [0.1, 0.15) is 0 Å². The molecule has 14 aromatic carbocycles. The number of hydrogen-bond donors (Lipinski definition) is 0. The highest BCUT2D eigenvalue weighted by Gasteiger charge is 2.29. The molecule has 115 heavy (non-hydrogen) atoms. The lowest BCUT2D eigenvalue weighted by Crippen LogP contribution is -2.12. The molecule has 18 rings (SSSR count). The number of hydrogen-bond acceptors (Lipinski definition) is 2. The third-order valence-corrected chi connectivity index (χ3v) is 26.4. The van der Waals surface area contributed by atoms with Gasteiger partial charge in [-0.25, -0.2) is 0 Å². The van der Waals surface area contributed by atoms with Crippen LogP contribution < -0.4 is 9.80 Å². The van der Waals surface area contributed by atoms with E-state index < -0.39 is 0 Å². The van der Waals surface area contributed by atoms with Crippen LogP contribution in [0, 0.1) is 58.3 Å². The Kier molecular flexibility index (Phi) is 22.2. The number of anilines is 6. The first-order valence-corrected chi connectivity index (χ1v) is 43.6. The Bertz CT molecular complexity index is 5660. The molecule has 0 bridgehead atoms. The molecule has 4 fully saturated rings. The summed E-state index contributed by atoms with van der Waals surface area (Å²) >= 11 is 0. The molecule has 0 radical (unpaired) electrons. The zero-order chi connectivity index (χ0) is 77.7. The minimum atomic E-state index is 0.540. The van der Waals surface area contributed by atoms with E-state index in [1.54, 1.807) is 0 Å². The highest BCUT2D eigenvalue weighted by atomic mass is 15.2. The van der Waals surface area contributed by atoms with Crippen LogP contribution in [0.4, 0.5) is 34.1 Å². The molecule has 0 amide bonds. The van der Waals surface area contributed by atoms with Gasteiger partial charge in [-0.3, -0.25) is 0 Å². The summed E-state index contributed by atoms with van der Waals surface area (Å²) in [7, 11) is 0. The number of allylic oxidation sites excluding steroid dienone is 4. The van der Waals surface area contributed by atoms with Crippen molar-refractivity contribution in [1.29, 1.82) is 0 Å². The van der Waals surface area contributed by atoms with E-state index in [-0.39, 0.29) is 0 Å². The van der Waals surface area contributed by atoms with E-state index in [4.69, 9.17) is 0 Å². The molecule has 14 aromatic rings. The maximum Gasteiger partial charge on any atom is 0.0618 e. The quantitative estimate of drug-likeness (QED) is 0.0588. The number of fused-ring (bicyclic) bond motifs is 4. The van der Waals surface area contributed by atoms with Crippen LogP contribution in [0.3, 0.4) is 0 Å². The highest BCUT2D eigenvalue weighted by Crippen LogP contribution is 2.54. The average Bonchev–Trinajstić information content (AvgIpc) is 0.712. The zero-order valence-corrected chi connectivity index (χ0v) is 68.3. The number of aryl methyl sites for hydroxylation is 5. The number of benzene rings is 14. The minimum Gasteiger partial charge on any atom is -0.309 e. The van der Waals surface area contributed by atoms with E-state index in [0.717, 1.165) is 22.7 Å². The second kappa shape index (κ2) is 34.0. The Morgan fingerprint density at radius 3 is 0.896 bits per heavy atom. The van der Waals surface area contributed by atoms with Crippen molar-refractivity contribution in [2.24, 2.45) is 23.7 Å². The summed E-state index contributed by atoms with van der Waals surface area (Å²) in [6.07, 6.45) is 35.5. The topological polar surface area (TPSA) is 6.48 Å². The fraction of sp³-hybridized carbons (Fsp3) is 0.257. The lowest BCUT2D eigenvalue weighted by atomic mass is 9.80. The highest BCUT2D eigenvalue weighted by molar-refractivity contribution is 6.27. The predicted octanol–water partition coefficient (Wildman–Crippen LogP) is 32.9. The second-order valence-electron chi connectivity index (χ2n) is 34.4. The molecule has 0 unspecified atom stereocenters. The van der Waals surface area contributed by atoms with Crippen LogP contribution >= 0.6 is 0 Å². The van der Waals surface area contributed by atoms with E-state index in [9.17, 15) is 0 Å². The molecule has 0 heterocycles. The van der Waals surface area contributed by atoms with E-state index in [1.807, 2.05) is 0 Å². The first kappa shape index (κ1) is 75.1. The summed E-state index contributed by atoms with van der Waals surface area (Å²) in [5, 5.41) is 9.71. The Morgan fingerprint density at radius 1 is 0.252 bits per heavy atom. The van der Waals surface area contributed by atoms with Gasteiger partial charge in [0.15, 0.2) is 0 Å². The van der Waals surface area contributed by atoms with Gasteiger partial charge in [-0.05, 0) is 269 Å². The van der Waals surface area contributed by atoms with Crippen LogP contribution in [0.15, 0.2) is 285 Å². The van der Waals surface area contributed by atoms with Gasteiger partial charge in [0.2, 0.25) is 0 Å². The first-order chi connectivity index (χ1) is 56.6. The summed E-state index contributed by atoms with van der Waals surface area (Å²) in [5.41, 5.74) is 31.9. The molecule has 0 N–H and O–H groups in total. The Morgan fingerprint density at radius 2 is 0.539 bits per heavy atom. The number of rotatable bonds is 19. The standard InChI is InChI=1S/C113H110N2/c1-77-40-56-90(57-41-77)105(86-25-10-6-11-26-86)72-82-48-64-95(65-49-82)114(96-66-50-83(51-67-96)73-106(87-27-12-7-13-28-87)91-58-42-78(2)43-59-91)112-99-34-19-18-33-94(99)76-109-101(37-23-38-103(109)112)111-100-35-20-21-36-102(100)113(104-39-22-24-81(5)110(104)111)115(97-68-52-84(53-69-97)74-107(88-29-14-8-15-30-88)92-60-44-79(3)45-61-92)98-70-54-85(55-71-98)75-108(89-31-16-9-17-32-89)93-62-46-80(4)47-63-93/h18-24,33-76,86-89H,6-17,25-32H2,1-5H3. The minimum absolute atomic E-state index is 0.540. The average molecular weight is 1500 g/mol. The molecule has 2 nitrogen and oxygen atoms in total. The van der Waals surface area contributed by atoms with Crippen molar-refractivity contribution in [2.75, 3.05) is 9.80 Å². The smallest absolute Gasteiger partial charge is 0.0618 e. The van der Waals surface area contributed by atoms with E-state index >= 15 is 0 Å². The van der Waals surface area contributed by atoms with Gasteiger partial charge in [-0.2, -0.15) is 0 Å². The summed E-state index contributed by atoms with van der Waals surface area (Å²) in [4.78, 5) is 5.18. The summed E-state index contributed by atoms with van der Waals surface area (Å²) < 4.78 is 0. The molecule has 0 saturated heterocycles. The molecule has 0 atom stereocenters. The van der Waals surface area contributed by atoms with Crippen LogP contribution in [0.2, 0.25) is 0 Å².